The monoisotopic (exact) mass is 288 g/mol. The fourth-order valence-electron chi connectivity index (χ4n) is 1.24. The Morgan fingerprint density at radius 2 is 2.21 bits per heavy atom. The molecule has 0 saturated heterocycles. The summed E-state index contributed by atoms with van der Waals surface area (Å²) in [6, 6.07) is 3.74. The van der Waals surface area contributed by atoms with Crippen LogP contribution in [-0.2, 0) is 9.53 Å². The Balaban J connectivity index is 2.79. The molecule has 0 amide bonds. The van der Waals surface area contributed by atoms with Crippen LogP contribution < -0.4 is 10.5 Å². The highest BCUT2D eigenvalue weighted by Crippen LogP contribution is 2.29. The molecule has 0 aliphatic carbocycles. The highest BCUT2D eigenvalue weighted by Gasteiger charge is 2.30. The van der Waals surface area contributed by atoms with Crippen molar-refractivity contribution in [3.63, 3.8) is 0 Å². The largest absolute Gasteiger partial charge is 0.489 e. The fourth-order valence-corrected chi connectivity index (χ4v) is 1.47. The van der Waals surface area contributed by atoms with Crippen molar-refractivity contribution >= 4 is 23.3 Å². The lowest BCUT2D eigenvalue weighted by molar-refractivity contribution is -0.384. The van der Waals surface area contributed by atoms with Crippen LogP contribution >= 0.6 is 11.6 Å². The first-order chi connectivity index (χ1) is 8.77. The topological polar surface area (TPSA) is 105 Å². The number of methoxy groups -OCH3 is 1. The standard InChI is InChI=1S/C11H13ClN2O5/c1-11(13,10(15)18-2)6-19-9-4-3-7(14(16)17)5-8(9)12/h3-5H,6,13H2,1-2H3. The minimum absolute atomic E-state index is 0.0647. The summed E-state index contributed by atoms with van der Waals surface area (Å²) in [4.78, 5) is 21.3. The number of carbonyl (C=O) groups excluding carboxylic acids is 1. The van der Waals surface area contributed by atoms with Crippen LogP contribution in [-0.4, -0.2) is 30.1 Å². The van der Waals surface area contributed by atoms with Gasteiger partial charge in [0, 0.05) is 12.1 Å². The predicted molar refractivity (Wildman–Crippen MR) is 68.2 cm³/mol. The molecule has 2 N–H and O–H groups in total. The highest BCUT2D eigenvalue weighted by atomic mass is 35.5. The number of nitro groups is 1. The number of hydrogen-bond acceptors (Lipinski definition) is 6. The number of hydrogen-bond donors (Lipinski definition) is 1. The number of halogens is 1. The molecule has 0 aliphatic rings. The molecule has 0 heterocycles. The van der Waals surface area contributed by atoms with Crippen LogP contribution in [0.1, 0.15) is 6.92 Å². The van der Waals surface area contributed by atoms with E-state index in [-0.39, 0.29) is 23.1 Å². The van der Waals surface area contributed by atoms with Gasteiger partial charge >= 0.3 is 5.97 Å². The molecule has 19 heavy (non-hydrogen) atoms. The summed E-state index contributed by atoms with van der Waals surface area (Å²) in [6.45, 7) is 1.27. The van der Waals surface area contributed by atoms with Gasteiger partial charge in [-0.1, -0.05) is 11.6 Å². The van der Waals surface area contributed by atoms with E-state index in [1.807, 2.05) is 0 Å². The Hall–Kier alpha value is -1.86. The van der Waals surface area contributed by atoms with Gasteiger partial charge in [0.1, 0.15) is 17.9 Å². The summed E-state index contributed by atoms with van der Waals surface area (Å²) in [7, 11) is 1.21. The number of nitrogens with two attached hydrogens (primary N) is 1. The van der Waals surface area contributed by atoms with Crippen molar-refractivity contribution in [3.8, 4) is 5.75 Å². The number of nitrogens with zero attached hydrogens (tertiary/aromatic N) is 1. The highest BCUT2D eigenvalue weighted by molar-refractivity contribution is 6.32. The quantitative estimate of drug-likeness (QED) is 0.500. The van der Waals surface area contributed by atoms with Crippen LogP contribution in [0.3, 0.4) is 0 Å². The molecule has 0 saturated carbocycles. The lowest BCUT2D eigenvalue weighted by atomic mass is 10.1. The molecule has 1 rings (SSSR count). The summed E-state index contributed by atoms with van der Waals surface area (Å²) in [6.07, 6.45) is 0. The van der Waals surface area contributed by atoms with Crippen molar-refractivity contribution in [2.75, 3.05) is 13.7 Å². The molecule has 8 heteroatoms. The number of ether oxygens (including phenoxy) is 2. The lowest BCUT2D eigenvalue weighted by Gasteiger charge is -2.21. The SMILES string of the molecule is COC(=O)C(C)(N)COc1ccc([N+](=O)[O-])cc1Cl. The maximum Gasteiger partial charge on any atom is 0.329 e. The van der Waals surface area contributed by atoms with Gasteiger partial charge in [-0.25, -0.2) is 4.79 Å². The van der Waals surface area contributed by atoms with Crippen molar-refractivity contribution in [2.45, 2.75) is 12.5 Å². The molecule has 1 aromatic rings. The van der Waals surface area contributed by atoms with Crippen LogP contribution in [0.15, 0.2) is 18.2 Å². The Kier molecular flexibility index (Phi) is 4.68. The van der Waals surface area contributed by atoms with Crippen LogP contribution in [0, 0.1) is 10.1 Å². The number of nitro benzene ring substituents is 1. The van der Waals surface area contributed by atoms with Gasteiger partial charge in [-0.05, 0) is 13.0 Å². The van der Waals surface area contributed by atoms with E-state index in [0.717, 1.165) is 6.07 Å². The second kappa shape index (κ2) is 5.85. The Morgan fingerprint density at radius 3 is 2.68 bits per heavy atom. The van der Waals surface area contributed by atoms with Crippen LogP contribution in [0.2, 0.25) is 5.02 Å². The van der Waals surface area contributed by atoms with Crippen LogP contribution in [0.25, 0.3) is 0 Å². The van der Waals surface area contributed by atoms with Crippen LogP contribution in [0.4, 0.5) is 5.69 Å². The maximum absolute atomic E-state index is 11.3. The molecule has 7 nitrogen and oxygen atoms in total. The van der Waals surface area contributed by atoms with Gasteiger partial charge in [0.2, 0.25) is 0 Å². The van der Waals surface area contributed by atoms with Crippen molar-refractivity contribution in [2.24, 2.45) is 5.73 Å². The summed E-state index contributed by atoms with van der Waals surface area (Å²) in [5.74, 6) is -0.432. The average molecular weight is 289 g/mol. The molecule has 0 aliphatic heterocycles. The van der Waals surface area contributed by atoms with E-state index in [2.05, 4.69) is 4.74 Å². The van der Waals surface area contributed by atoms with E-state index in [1.165, 1.54) is 26.2 Å². The Labute approximate surface area is 114 Å². The van der Waals surface area contributed by atoms with E-state index in [0.29, 0.717) is 0 Å². The van der Waals surface area contributed by atoms with Gasteiger partial charge in [-0.15, -0.1) is 0 Å². The third-order valence-corrected chi connectivity index (χ3v) is 2.60. The van der Waals surface area contributed by atoms with Gasteiger partial charge in [0.25, 0.3) is 5.69 Å². The van der Waals surface area contributed by atoms with E-state index in [1.54, 1.807) is 0 Å². The smallest absolute Gasteiger partial charge is 0.329 e. The molecular formula is C11H13ClN2O5. The van der Waals surface area contributed by atoms with Gasteiger partial charge in [-0.2, -0.15) is 0 Å². The first-order valence-electron chi connectivity index (χ1n) is 5.22. The molecule has 1 unspecified atom stereocenters. The normalized spacial score (nSPS) is 13.5. The zero-order chi connectivity index (χ0) is 14.6. The van der Waals surface area contributed by atoms with Crippen LogP contribution in [0.5, 0.6) is 5.75 Å². The molecule has 0 spiro atoms. The average Bonchev–Trinajstić information content (AvgIpc) is 2.36. The third-order valence-electron chi connectivity index (χ3n) is 2.31. The molecule has 1 atom stereocenters. The minimum atomic E-state index is -1.33. The van der Waals surface area contributed by atoms with Crippen molar-refractivity contribution in [1.82, 2.24) is 0 Å². The first-order valence-corrected chi connectivity index (χ1v) is 5.60. The molecule has 0 radical (unpaired) electrons. The zero-order valence-electron chi connectivity index (χ0n) is 10.4. The summed E-state index contributed by atoms with van der Waals surface area (Å²) < 4.78 is 9.80. The number of non-ortho nitro benzene ring substituents is 1. The molecule has 1 aromatic carbocycles. The van der Waals surface area contributed by atoms with E-state index in [9.17, 15) is 14.9 Å². The number of esters is 1. The van der Waals surface area contributed by atoms with Gasteiger partial charge in [0.15, 0.2) is 0 Å². The van der Waals surface area contributed by atoms with Crippen molar-refractivity contribution in [1.29, 1.82) is 0 Å². The maximum atomic E-state index is 11.3. The minimum Gasteiger partial charge on any atom is -0.489 e. The zero-order valence-corrected chi connectivity index (χ0v) is 11.1. The number of carbonyl (C=O) groups is 1. The Bertz CT molecular complexity index is 504. The van der Waals surface area contributed by atoms with Gasteiger partial charge in [-0.3, -0.25) is 10.1 Å². The predicted octanol–water partition coefficient (Wildman–Crippen LogP) is 1.52. The molecule has 0 aromatic heterocycles. The van der Waals surface area contributed by atoms with Gasteiger partial charge in [0.05, 0.1) is 17.1 Å². The summed E-state index contributed by atoms with van der Waals surface area (Å²) in [5.41, 5.74) is 4.21. The third kappa shape index (κ3) is 3.80. The summed E-state index contributed by atoms with van der Waals surface area (Å²) >= 11 is 5.83. The second-order valence-corrected chi connectivity index (χ2v) is 4.48. The fraction of sp³-hybridized carbons (Fsp3) is 0.364. The number of rotatable bonds is 5. The second-order valence-electron chi connectivity index (χ2n) is 4.07. The lowest BCUT2D eigenvalue weighted by Crippen LogP contribution is -2.50. The van der Waals surface area contributed by atoms with Crippen molar-refractivity contribution < 1.29 is 19.2 Å². The summed E-state index contributed by atoms with van der Waals surface area (Å²) in [5, 5.41) is 10.6. The van der Waals surface area contributed by atoms with E-state index < -0.39 is 16.4 Å². The Morgan fingerprint density at radius 1 is 1.58 bits per heavy atom. The molecular weight excluding hydrogens is 276 g/mol. The first kappa shape index (κ1) is 15.2. The molecule has 0 bridgehead atoms. The van der Waals surface area contributed by atoms with Gasteiger partial charge < -0.3 is 15.2 Å². The van der Waals surface area contributed by atoms with E-state index in [4.69, 9.17) is 22.1 Å². The number of benzene rings is 1. The molecule has 104 valence electrons. The molecule has 0 fully saturated rings. The van der Waals surface area contributed by atoms with E-state index >= 15 is 0 Å². The van der Waals surface area contributed by atoms with Crippen molar-refractivity contribution in [3.05, 3.63) is 33.3 Å².